The summed E-state index contributed by atoms with van der Waals surface area (Å²) in [4.78, 5) is 0. The van der Waals surface area contributed by atoms with Crippen LogP contribution in [-0.4, -0.2) is 17.2 Å². The molecule has 0 atom stereocenters. The average Bonchev–Trinajstić information content (AvgIpc) is 3.95. The Morgan fingerprint density at radius 3 is 1.28 bits per heavy atom. The van der Waals surface area contributed by atoms with Crippen LogP contribution >= 0.6 is 0 Å². The zero-order chi connectivity index (χ0) is 38.2. The van der Waals surface area contributed by atoms with Crippen LogP contribution in [0, 0.1) is 0 Å². The molecule has 9 aromatic carbocycles. The van der Waals surface area contributed by atoms with E-state index in [4.69, 9.17) is 4.42 Å². The SMILES string of the molecule is c1ccc([Si](c2ccccc2)(c2ccccc2)c2cccc3oc4ccc(-n5c6ccccc6c6cc(-n7c8ccccc8c8ccccc87)ccc65)cc4c23)cc1. The van der Waals surface area contributed by atoms with Crippen LogP contribution < -0.4 is 20.7 Å². The van der Waals surface area contributed by atoms with E-state index in [1.54, 1.807) is 0 Å². The van der Waals surface area contributed by atoms with Gasteiger partial charge in [0.2, 0.25) is 0 Å². The lowest BCUT2D eigenvalue weighted by atomic mass is 10.1. The van der Waals surface area contributed by atoms with Gasteiger partial charge in [0.05, 0.1) is 22.1 Å². The van der Waals surface area contributed by atoms with Gasteiger partial charge in [-0.3, -0.25) is 0 Å². The minimum atomic E-state index is -2.86. The molecule has 3 aromatic heterocycles. The third kappa shape index (κ3) is 4.67. The molecule has 12 rings (SSSR count). The highest BCUT2D eigenvalue weighted by atomic mass is 28.3. The van der Waals surface area contributed by atoms with Gasteiger partial charge in [-0.15, -0.1) is 0 Å². The second-order valence-electron chi connectivity index (χ2n) is 15.2. The Balaban J connectivity index is 1.13. The van der Waals surface area contributed by atoms with Gasteiger partial charge in [0.1, 0.15) is 11.2 Å². The monoisotopic (exact) mass is 756 g/mol. The lowest BCUT2D eigenvalue weighted by molar-refractivity contribution is 0.669. The summed E-state index contributed by atoms with van der Waals surface area (Å²) < 4.78 is 11.6. The van der Waals surface area contributed by atoms with Crippen LogP contribution in [0.4, 0.5) is 0 Å². The van der Waals surface area contributed by atoms with Crippen molar-refractivity contribution in [3.05, 3.63) is 218 Å². The van der Waals surface area contributed by atoms with Gasteiger partial charge < -0.3 is 13.6 Å². The number of furan rings is 1. The van der Waals surface area contributed by atoms with Crippen molar-refractivity contribution < 1.29 is 4.42 Å². The maximum absolute atomic E-state index is 6.78. The van der Waals surface area contributed by atoms with E-state index in [0.717, 1.165) is 27.9 Å². The summed E-state index contributed by atoms with van der Waals surface area (Å²) in [7, 11) is -2.86. The van der Waals surface area contributed by atoms with Crippen LogP contribution in [0.1, 0.15) is 0 Å². The van der Waals surface area contributed by atoms with Crippen LogP contribution in [-0.2, 0) is 0 Å². The van der Waals surface area contributed by atoms with Crippen molar-refractivity contribution in [2.45, 2.75) is 0 Å². The predicted octanol–water partition coefficient (Wildman–Crippen LogP) is 11.2. The number of para-hydroxylation sites is 3. The molecular weight excluding hydrogens is 721 g/mol. The minimum absolute atomic E-state index is 0.887. The van der Waals surface area contributed by atoms with Crippen LogP contribution in [0.5, 0.6) is 0 Å². The Morgan fingerprint density at radius 2 is 0.741 bits per heavy atom. The van der Waals surface area contributed by atoms with Crippen molar-refractivity contribution in [1.29, 1.82) is 0 Å². The first-order chi connectivity index (χ1) is 28.8. The van der Waals surface area contributed by atoms with Crippen LogP contribution in [0.25, 0.3) is 76.9 Å². The first-order valence-corrected chi connectivity index (χ1v) is 21.9. The summed E-state index contributed by atoms with van der Waals surface area (Å²) >= 11 is 0. The fourth-order valence-electron chi connectivity index (χ4n) is 9.88. The standard InChI is InChI=1S/C54H36N2OSi/c1-4-17-39(18-5-1)58(40-19-6-2-7-20-40,41-21-8-3-9-22-41)53-30-16-29-52-54(53)46-36-38(32-34-51(46)57-52)56-49-28-15-12-25-44(49)45-35-37(31-33-50(45)56)55-47-26-13-10-23-42(47)43-24-11-14-27-48(43)55/h1-36H. The van der Waals surface area contributed by atoms with E-state index in [1.807, 2.05) is 0 Å². The topological polar surface area (TPSA) is 23.0 Å². The van der Waals surface area contributed by atoms with Gasteiger partial charge >= 0.3 is 0 Å². The third-order valence-electron chi connectivity index (χ3n) is 12.3. The van der Waals surface area contributed by atoms with Crippen molar-refractivity contribution in [1.82, 2.24) is 9.13 Å². The average molecular weight is 757 g/mol. The molecule has 0 spiro atoms. The maximum atomic E-state index is 6.78. The molecule has 0 bridgehead atoms. The van der Waals surface area contributed by atoms with E-state index in [-0.39, 0.29) is 0 Å². The van der Waals surface area contributed by atoms with Gasteiger partial charge in [0, 0.05) is 43.7 Å². The molecular formula is C54H36N2OSi. The summed E-state index contributed by atoms with van der Waals surface area (Å²) in [6, 6.07) is 80.0. The molecule has 0 radical (unpaired) electrons. The number of nitrogens with zero attached hydrogens (tertiary/aromatic N) is 2. The molecule has 0 fully saturated rings. The molecule has 0 amide bonds. The lowest BCUT2D eigenvalue weighted by Gasteiger charge is -2.34. The minimum Gasteiger partial charge on any atom is -0.456 e. The van der Waals surface area contributed by atoms with Crippen molar-refractivity contribution >= 4 is 94.4 Å². The summed E-state index contributed by atoms with van der Waals surface area (Å²) in [5.74, 6) is 0. The molecule has 0 aliphatic rings. The Hall–Kier alpha value is -7.40. The van der Waals surface area contributed by atoms with E-state index in [0.29, 0.717) is 0 Å². The predicted molar refractivity (Wildman–Crippen MR) is 246 cm³/mol. The van der Waals surface area contributed by atoms with Gasteiger partial charge in [-0.25, -0.2) is 0 Å². The summed E-state index contributed by atoms with van der Waals surface area (Å²) in [6.07, 6.45) is 0. The molecule has 0 saturated heterocycles. The maximum Gasteiger partial charge on any atom is 0.180 e. The molecule has 0 aliphatic carbocycles. The Bertz CT molecular complexity index is 3360. The summed E-state index contributed by atoms with van der Waals surface area (Å²) in [5, 5.41) is 12.6. The van der Waals surface area contributed by atoms with E-state index < -0.39 is 8.07 Å². The summed E-state index contributed by atoms with van der Waals surface area (Å²) in [5.41, 5.74) is 8.80. The lowest BCUT2D eigenvalue weighted by Crippen LogP contribution is -2.74. The highest BCUT2D eigenvalue weighted by molar-refractivity contribution is 7.20. The molecule has 0 aliphatic heterocycles. The largest absolute Gasteiger partial charge is 0.456 e. The molecule has 3 nitrogen and oxygen atoms in total. The highest BCUT2D eigenvalue weighted by Gasteiger charge is 2.43. The third-order valence-corrected chi connectivity index (χ3v) is 17.1. The first-order valence-electron chi connectivity index (χ1n) is 19.9. The van der Waals surface area contributed by atoms with Gasteiger partial charge in [-0.2, -0.15) is 0 Å². The number of benzene rings is 9. The van der Waals surface area contributed by atoms with E-state index in [2.05, 4.69) is 228 Å². The van der Waals surface area contributed by atoms with Crippen LogP contribution in [0.3, 0.4) is 0 Å². The fourth-order valence-corrected chi connectivity index (χ4v) is 14.9. The number of fused-ring (bicyclic) bond motifs is 9. The van der Waals surface area contributed by atoms with Gasteiger partial charge in [0.25, 0.3) is 0 Å². The van der Waals surface area contributed by atoms with E-state index in [1.165, 1.54) is 69.7 Å². The Morgan fingerprint density at radius 1 is 0.310 bits per heavy atom. The van der Waals surface area contributed by atoms with Crippen LogP contribution in [0.15, 0.2) is 223 Å². The van der Waals surface area contributed by atoms with E-state index in [9.17, 15) is 0 Å². The van der Waals surface area contributed by atoms with Gasteiger partial charge in [-0.05, 0) is 81.4 Å². The number of aromatic nitrogens is 2. The second kappa shape index (κ2) is 12.8. The number of rotatable bonds is 6. The van der Waals surface area contributed by atoms with Crippen molar-refractivity contribution in [2.24, 2.45) is 0 Å². The molecule has 3 heterocycles. The number of hydrogen-bond donors (Lipinski definition) is 0. The van der Waals surface area contributed by atoms with Gasteiger partial charge in [-0.1, -0.05) is 158 Å². The zero-order valence-electron chi connectivity index (χ0n) is 31.6. The first kappa shape index (κ1) is 32.8. The van der Waals surface area contributed by atoms with Crippen molar-refractivity contribution in [3.63, 3.8) is 0 Å². The smallest absolute Gasteiger partial charge is 0.180 e. The highest BCUT2D eigenvalue weighted by Crippen LogP contribution is 2.38. The molecule has 12 aromatic rings. The van der Waals surface area contributed by atoms with Crippen molar-refractivity contribution in [2.75, 3.05) is 0 Å². The number of hydrogen-bond acceptors (Lipinski definition) is 1. The van der Waals surface area contributed by atoms with Crippen molar-refractivity contribution in [3.8, 4) is 11.4 Å². The van der Waals surface area contributed by atoms with Gasteiger partial charge in [0.15, 0.2) is 8.07 Å². The molecule has 0 saturated carbocycles. The second-order valence-corrected chi connectivity index (χ2v) is 19.0. The van der Waals surface area contributed by atoms with Crippen LogP contribution in [0.2, 0.25) is 0 Å². The summed E-state index contributed by atoms with van der Waals surface area (Å²) in [6.45, 7) is 0. The normalized spacial score (nSPS) is 12.1. The fraction of sp³-hybridized carbons (Fsp3) is 0. The molecule has 0 unspecified atom stereocenters. The molecule has 272 valence electrons. The quantitative estimate of drug-likeness (QED) is 0.122. The zero-order valence-corrected chi connectivity index (χ0v) is 32.6. The Labute approximate surface area is 336 Å². The molecule has 4 heteroatoms. The molecule has 0 N–H and O–H groups in total. The Kier molecular flexibility index (Phi) is 7.25. The van der Waals surface area contributed by atoms with E-state index >= 15 is 0 Å². The molecule has 58 heavy (non-hydrogen) atoms.